The van der Waals surface area contributed by atoms with Crippen LogP contribution in [-0.2, 0) is 11.4 Å². The molecule has 1 fully saturated rings. The van der Waals surface area contributed by atoms with Crippen molar-refractivity contribution in [3.63, 3.8) is 0 Å². The molecular weight excluding hydrogens is 407 g/mol. The zero-order valence-electron chi connectivity index (χ0n) is 17.4. The van der Waals surface area contributed by atoms with Gasteiger partial charge < -0.3 is 15.4 Å². The number of ether oxygens (including phenoxy) is 1. The van der Waals surface area contributed by atoms with Crippen LogP contribution < -0.4 is 15.4 Å². The first-order valence-corrected chi connectivity index (χ1v) is 10.4. The molecule has 5 nitrogen and oxygen atoms in total. The summed E-state index contributed by atoms with van der Waals surface area (Å²) in [5.41, 5.74) is 2.87. The van der Waals surface area contributed by atoms with Crippen molar-refractivity contribution in [3.05, 3.63) is 101 Å². The Labute approximate surface area is 185 Å². The molecule has 2 N–H and O–H groups in total. The molecule has 0 bridgehead atoms. The van der Waals surface area contributed by atoms with Gasteiger partial charge in [-0.15, -0.1) is 0 Å². The molecule has 0 spiro atoms. The summed E-state index contributed by atoms with van der Waals surface area (Å²) in [6.45, 7) is 0.298. The SMILES string of the molecule is O=C(/C=C/c1ccc(C(=O)NC2CC2)cc1)Nc1cccc(OCc2ccc(F)cc2)c1. The van der Waals surface area contributed by atoms with Gasteiger partial charge in [0, 0.05) is 29.4 Å². The van der Waals surface area contributed by atoms with Gasteiger partial charge in [0.05, 0.1) is 0 Å². The first-order valence-electron chi connectivity index (χ1n) is 10.4. The first kappa shape index (κ1) is 21.3. The number of rotatable bonds is 8. The van der Waals surface area contributed by atoms with E-state index in [4.69, 9.17) is 4.74 Å². The van der Waals surface area contributed by atoms with Crippen molar-refractivity contribution in [2.24, 2.45) is 0 Å². The average Bonchev–Trinajstić information content (AvgIpc) is 3.62. The Balaban J connectivity index is 1.29. The van der Waals surface area contributed by atoms with Crippen LogP contribution in [0.3, 0.4) is 0 Å². The minimum atomic E-state index is -0.290. The normalized spacial score (nSPS) is 13.0. The lowest BCUT2D eigenvalue weighted by atomic mass is 10.1. The van der Waals surface area contributed by atoms with E-state index in [1.54, 1.807) is 66.7 Å². The van der Waals surface area contributed by atoms with Gasteiger partial charge >= 0.3 is 0 Å². The molecule has 162 valence electrons. The van der Waals surface area contributed by atoms with Crippen LogP contribution >= 0.6 is 0 Å². The molecule has 1 aliphatic rings. The summed E-state index contributed by atoms with van der Waals surface area (Å²) < 4.78 is 18.7. The maximum Gasteiger partial charge on any atom is 0.251 e. The van der Waals surface area contributed by atoms with Crippen molar-refractivity contribution in [3.8, 4) is 5.75 Å². The molecule has 1 saturated carbocycles. The summed E-state index contributed by atoms with van der Waals surface area (Å²) in [5.74, 6) is -0.0452. The summed E-state index contributed by atoms with van der Waals surface area (Å²) in [7, 11) is 0. The first-order chi connectivity index (χ1) is 15.5. The molecule has 0 radical (unpaired) electrons. The summed E-state index contributed by atoms with van der Waals surface area (Å²) in [5, 5.41) is 5.74. The maximum atomic E-state index is 13.0. The minimum Gasteiger partial charge on any atom is -0.489 e. The van der Waals surface area contributed by atoms with Crippen molar-refractivity contribution >= 4 is 23.6 Å². The highest BCUT2D eigenvalue weighted by atomic mass is 19.1. The van der Waals surface area contributed by atoms with Gasteiger partial charge in [-0.1, -0.05) is 30.3 Å². The van der Waals surface area contributed by atoms with Crippen molar-refractivity contribution in [1.82, 2.24) is 5.32 Å². The van der Waals surface area contributed by atoms with Crippen LogP contribution in [0.25, 0.3) is 6.08 Å². The summed E-state index contributed by atoms with van der Waals surface area (Å²) in [6, 6.07) is 20.6. The highest BCUT2D eigenvalue weighted by molar-refractivity contribution is 6.02. The van der Waals surface area contributed by atoms with E-state index in [2.05, 4.69) is 10.6 Å². The van der Waals surface area contributed by atoms with Gasteiger partial charge in [0.25, 0.3) is 5.91 Å². The average molecular weight is 430 g/mol. The third kappa shape index (κ3) is 6.28. The predicted molar refractivity (Wildman–Crippen MR) is 122 cm³/mol. The molecule has 0 atom stereocenters. The van der Waals surface area contributed by atoms with E-state index in [-0.39, 0.29) is 17.6 Å². The van der Waals surface area contributed by atoms with Gasteiger partial charge in [-0.2, -0.15) is 0 Å². The summed E-state index contributed by atoms with van der Waals surface area (Å²) >= 11 is 0. The number of carbonyl (C=O) groups excluding carboxylic acids is 2. The van der Waals surface area contributed by atoms with Crippen LogP contribution in [0.15, 0.2) is 78.9 Å². The highest BCUT2D eigenvalue weighted by Gasteiger charge is 2.23. The Morgan fingerprint density at radius 3 is 2.47 bits per heavy atom. The molecule has 32 heavy (non-hydrogen) atoms. The summed E-state index contributed by atoms with van der Waals surface area (Å²) in [4.78, 5) is 24.3. The second-order valence-electron chi connectivity index (χ2n) is 7.64. The van der Waals surface area contributed by atoms with E-state index in [9.17, 15) is 14.0 Å². The molecule has 0 heterocycles. The van der Waals surface area contributed by atoms with Gasteiger partial charge in [0.15, 0.2) is 0 Å². The highest BCUT2D eigenvalue weighted by Crippen LogP contribution is 2.20. The quantitative estimate of drug-likeness (QED) is 0.497. The molecule has 1 aliphatic carbocycles. The molecule has 0 aliphatic heterocycles. The third-order valence-corrected chi connectivity index (χ3v) is 4.93. The van der Waals surface area contributed by atoms with Crippen molar-refractivity contribution in [2.75, 3.05) is 5.32 Å². The lowest BCUT2D eigenvalue weighted by Crippen LogP contribution is -2.25. The number of hydrogen-bond acceptors (Lipinski definition) is 3. The second-order valence-corrected chi connectivity index (χ2v) is 7.64. The van der Waals surface area contributed by atoms with Gasteiger partial charge in [-0.25, -0.2) is 4.39 Å². The van der Waals surface area contributed by atoms with Gasteiger partial charge in [0.1, 0.15) is 18.2 Å². The Bertz CT molecular complexity index is 1120. The molecule has 3 aromatic rings. The molecular formula is C26H23FN2O3. The van der Waals surface area contributed by atoms with Crippen LogP contribution in [0.2, 0.25) is 0 Å². The van der Waals surface area contributed by atoms with Crippen molar-refractivity contribution in [2.45, 2.75) is 25.5 Å². The van der Waals surface area contributed by atoms with Crippen molar-refractivity contribution in [1.29, 1.82) is 0 Å². The Hall–Kier alpha value is -3.93. The van der Waals surface area contributed by atoms with E-state index in [0.29, 0.717) is 29.6 Å². The third-order valence-electron chi connectivity index (χ3n) is 4.93. The number of carbonyl (C=O) groups is 2. The molecule has 6 heteroatoms. The fourth-order valence-corrected chi connectivity index (χ4v) is 3.01. The van der Waals surface area contributed by atoms with E-state index in [1.165, 1.54) is 18.2 Å². The standard InChI is InChI=1S/C26H23FN2O3/c27-21-11-6-19(7-12-21)17-32-24-3-1-2-23(16-24)28-25(30)15-8-18-4-9-20(10-5-18)26(31)29-22-13-14-22/h1-12,15-16,22H,13-14,17H2,(H,28,30)(H,29,31)/b15-8+. The second kappa shape index (κ2) is 9.92. The van der Waals surface area contributed by atoms with E-state index in [0.717, 1.165) is 24.0 Å². The van der Waals surface area contributed by atoms with Crippen molar-refractivity contribution < 1.29 is 18.7 Å². The Morgan fingerprint density at radius 2 is 1.75 bits per heavy atom. The number of hydrogen-bond donors (Lipinski definition) is 2. The van der Waals surface area contributed by atoms with Crippen LogP contribution in [0.1, 0.15) is 34.3 Å². The molecule has 0 aromatic heterocycles. The smallest absolute Gasteiger partial charge is 0.251 e. The summed E-state index contributed by atoms with van der Waals surface area (Å²) in [6.07, 6.45) is 5.22. The number of benzene rings is 3. The number of anilines is 1. The lowest BCUT2D eigenvalue weighted by Gasteiger charge is -2.08. The molecule has 3 aromatic carbocycles. The van der Waals surface area contributed by atoms with Crippen LogP contribution in [-0.4, -0.2) is 17.9 Å². The minimum absolute atomic E-state index is 0.0673. The molecule has 2 amide bonds. The monoisotopic (exact) mass is 430 g/mol. The van der Waals surface area contributed by atoms with Gasteiger partial charge in [-0.05, 0) is 66.4 Å². The van der Waals surface area contributed by atoms with Gasteiger partial charge in [0.2, 0.25) is 5.91 Å². The number of halogens is 1. The number of amides is 2. The zero-order valence-corrected chi connectivity index (χ0v) is 17.4. The van der Waals surface area contributed by atoms with Gasteiger partial charge in [-0.3, -0.25) is 9.59 Å². The van der Waals surface area contributed by atoms with E-state index >= 15 is 0 Å². The Morgan fingerprint density at radius 1 is 1.00 bits per heavy atom. The topological polar surface area (TPSA) is 67.4 Å². The van der Waals surface area contributed by atoms with Crippen LogP contribution in [0.5, 0.6) is 5.75 Å². The predicted octanol–water partition coefficient (Wildman–Crippen LogP) is 4.95. The maximum absolute atomic E-state index is 13.0. The zero-order chi connectivity index (χ0) is 22.3. The van der Waals surface area contributed by atoms with E-state index in [1.807, 2.05) is 0 Å². The van der Waals surface area contributed by atoms with Crippen LogP contribution in [0, 0.1) is 5.82 Å². The fraction of sp³-hybridized carbons (Fsp3) is 0.154. The fourth-order valence-electron chi connectivity index (χ4n) is 3.01. The largest absolute Gasteiger partial charge is 0.489 e. The molecule has 0 unspecified atom stereocenters. The molecule has 4 rings (SSSR count). The Kier molecular flexibility index (Phi) is 6.60. The number of nitrogens with one attached hydrogen (secondary N) is 2. The molecule has 0 saturated heterocycles. The lowest BCUT2D eigenvalue weighted by molar-refractivity contribution is -0.111. The van der Waals surface area contributed by atoms with E-state index < -0.39 is 0 Å². The van der Waals surface area contributed by atoms with Crippen LogP contribution in [0.4, 0.5) is 10.1 Å².